The summed E-state index contributed by atoms with van der Waals surface area (Å²) in [4.78, 5) is 0. The first-order chi connectivity index (χ1) is 4.93. The fourth-order valence-corrected chi connectivity index (χ4v) is 1.08. The molecule has 0 radical (unpaired) electrons. The van der Waals surface area contributed by atoms with Gasteiger partial charge in [-0.1, -0.05) is 18.1 Å². The summed E-state index contributed by atoms with van der Waals surface area (Å²) in [7, 11) is 0. The monoisotopic (exact) mass is 136 g/mol. The predicted molar refractivity (Wildman–Crippen MR) is 41.6 cm³/mol. The Bertz CT molecular complexity index is 153. The predicted octanol–water partition coefficient (Wildman–Crippen LogP) is 1.74. The van der Waals surface area contributed by atoms with E-state index in [-0.39, 0.29) is 6.10 Å². The lowest BCUT2D eigenvalue weighted by Gasteiger charge is -2.14. The van der Waals surface area contributed by atoms with E-state index >= 15 is 0 Å². The lowest BCUT2D eigenvalue weighted by Crippen LogP contribution is -2.12. The van der Waals surface area contributed by atoms with Crippen molar-refractivity contribution in [2.45, 2.75) is 25.4 Å². The van der Waals surface area contributed by atoms with Crippen LogP contribution in [-0.2, 0) is 4.74 Å². The lowest BCUT2D eigenvalue weighted by molar-refractivity contribution is 0.102. The average Bonchev–Trinajstić information content (AvgIpc) is 2.03. The summed E-state index contributed by atoms with van der Waals surface area (Å²) >= 11 is 0. The van der Waals surface area contributed by atoms with Crippen molar-refractivity contribution >= 4 is 0 Å². The van der Waals surface area contributed by atoms with Crippen molar-refractivity contribution in [3.05, 3.63) is 12.2 Å². The number of allylic oxidation sites excluding steroid dienone is 1. The van der Waals surface area contributed by atoms with Crippen LogP contribution in [0.5, 0.6) is 0 Å². The van der Waals surface area contributed by atoms with Gasteiger partial charge in [0, 0.05) is 0 Å². The number of hydrogen-bond donors (Lipinski definition) is 0. The van der Waals surface area contributed by atoms with Crippen LogP contribution in [-0.4, -0.2) is 12.7 Å². The molecule has 1 nitrogen and oxygen atoms in total. The van der Waals surface area contributed by atoms with Gasteiger partial charge in [0.1, 0.15) is 6.61 Å². The number of rotatable bonds is 2. The Morgan fingerprint density at radius 1 is 1.70 bits per heavy atom. The third-order valence-electron chi connectivity index (χ3n) is 1.59. The zero-order valence-electron chi connectivity index (χ0n) is 6.05. The summed E-state index contributed by atoms with van der Waals surface area (Å²) in [5, 5.41) is 0. The van der Waals surface area contributed by atoms with Crippen molar-refractivity contribution in [3.8, 4) is 12.3 Å². The highest BCUT2D eigenvalue weighted by Crippen LogP contribution is 2.12. The van der Waals surface area contributed by atoms with Crippen molar-refractivity contribution in [1.29, 1.82) is 0 Å². The van der Waals surface area contributed by atoms with Gasteiger partial charge >= 0.3 is 0 Å². The summed E-state index contributed by atoms with van der Waals surface area (Å²) in [5.74, 6) is 2.46. The van der Waals surface area contributed by atoms with Crippen LogP contribution in [0.4, 0.5) is 0 Å². The molecule has 0 aromatic rings. The van der Waals surface area contributed by atoms with E-state index < -0.39 is 0 Å². The van der Waals surface area contributed by atoms with Gasteiger partial charge in [0.15, 0.2) is 0 Å². The first kappa shape index (κ1) is 7.37. The third-order valence-corrected chi connectivity index (χ3v) is 1.59. The molecule has 1 aliphatic rings. The maximum atomic E-state index is 5.31. The lowest BCUT2D eigenvalue weighted by atomic mass is 10.1. The second-order valence-corrected chi connectivity index (χ2v) is 2.41. The maximum Gasteiger partial charge on any atom is 0.108 e. The first-order valence-electron chi connectivity index (χ1n) is 3.65. The standard InChI is InChI=1S/C9H12O/c1-2-8-10-9-6-4-3-5-7-9/h1,4,6,9H,3,5,7-8H2. The Labute approximate surface area is 62.1 Å². The van der Waals surface area contributed by atoms with E-state index in [2.05, 4.69) is 18.1 Å². The van der Waals surface area contributed by atoms with Gasteiger partial charge in [0.05, 0.1) is 6.10 Å². The highest BCUT2D eigenvalue weighted by molar-refractivity contribution is 4.95. The van der Waals surface area contributed by atoms with Crippen LogP contribution < -0.4 is 0 Å². The van der Waals surface area contributed by atoms with E-state index in [1.54, 1.807) is 0 Å². The van der Waals surface area contributed by atoms with Gasteiger partial charge in [-0.05, 0) is 19.3 Å². The summed E-state index contributed by atoms with van der Waals surface area (Å²) in [6, 6.07) is 0. The van der Waals surface area contributed by atoms with Crippen molar-refractivity contribution < 1.29 is 4.74 Å². The van der Waals surface area contributed by atoms with Crippen molar-refractivity contribution in [3.63, 3.8) is 0 Å². The van der Waals surface area contributed by atoms with Crippen LogP contribution in [0.15, 0.2) is 12.2 Å². The van der Waals surface area contributed by atoms with Gasteiger partial charge in [0.2, 0.25) is 0 Å². The van der Waals surface area contributed by atoms with Crippen molar-refractivity contribution in [2.24, 2.45) is 0 Å². The van der Waals surface area contributed by atoms with Crippen molar-refractivity contribution in [2.75, 3.05) is 6.61 Å². The summed E-state index contributed by atoms with van der Waals surface area (Å²) in [5.41, 5.74) is 0. The normalized spacial score (nSPS) is 24.1. The molecule has 1 atom stereocenters. The Morgan fingerprint density at radius 3 is 3.20 bits per heavy atom. The topological polar surface area (TPSA) is 9.23 Å². The Balaban J connectivity index is 2.21. The largest absolute Gasteiger partial charge is 0.362 e. The molecule has 1 unspecified atom stereocenters. The summed E-state index contributed by atoms with van der Waals surface area (Å²) in [6.07, 6.45) is 13.1. The molecule has 0 spiro atoms. The molecule has 0 N–H and O–H groups in total. The van der Waals surface area contributed by atoms with Gasteiger partial charge in [-0.15, -0.1) is 6.42 Å². The molecule has 1 heteroatoms. The van der Waals surface area contributed by atoms with Gasteiger partial charge in [-0.25, -0.2) is 0 Å². The fraction of sp³-hybridized carbons (Fsp3) is 0.556. The zero-order chi connectivity index (χ0) is 7.23. The Morgan fingerprint density at radius 2 is 2.60 bits per heavy atom. The van der Waals surface area contributed by atoms with Crippen LogP contribution in [0, 0.1) is 12.3 Å². The molecule has 0 saturated heterocycles. The fourth-order valence-electron chi connectivity index (χ4n) is 1.08. The molecular formula is C9H12O. The molecule has 0 aliphatic heterocycles. The number of hydrogen-bond acceptors (Lipinski definition) is 1. The van der Waals surface area contributed by atoms with E-state index in [0.29, 0.717) is 6.61 Å². The molecule has 0 bridgehead atoms. The summed E-state index contributed by atoms with van der Waals surface area (Å²) < 4.78 is 5.31. The van der Waals surface area contributed by atoms with E-state index in [4.69, 9.17) is 11.2 Å². The molecular weight excluding hydrogens is 124 g/mol. The van der Waals surface area contributed by atoms with Crippen LogP contribution >= 0.6 is 0 Å². The molecule has 0 saturated carbocycles. The van der Waals surface area contributed by atoms with E-state index in [9.17, 15) is 0 Å². The van der Waals surface area contributed by atoms with E-state index in [0.717, 1.165) is 6.42 Å². The highest BCUT2D eigenvalue weighted by Gasteiger charge is 2.06. The molecule has 0 amide bonds. The molecule has 0 fully saturated rings. The van der Waals surface area contributed by atoms with Crippen LogP contribution in [0.1, 0.15) is 19.3 Å². The minimum atomic E-state index is 0.282. The molecule has 0 aromatic carbocycles. The SMILES string of the molecule is C#CCOC1C=CCCC1. The van der Waals surface area contributed by atoms with Crippen LogP contribution in [0.3, 0.4) is 0 Å². The van der Waals surface area contributed by atoms with E-state index in [1.807, 2.05) is 0 Å². The Hall–Kier alpha value is -0.740. The van der Waals surface area contributed by atoms with Gasteiger partial charge in [-0.3, -0.25) is 0 Å². The van der Waals surface area contributed by atoms with Gasteiger partial charge < -0.3 is 4.74 Å². The molecule has 54 valence electrons. The molecule has 1 rings (SSSR count). The molecule has 0 aromatic heterocycles. The van der Waals surface area contributed by atoms with Gasteiger partial charge in [-0.2, -0.15) is 0 Å². The number of terminal acetylenes is 1. The highest BCUT2D eigenvalue weighted by atomic mass is 16.5. The van der Waals surface area contributed by atoms with Crippen LogP contribution in [0.25, 0.3) is 0 Å². The minimum Gasteiger partial charge on any atom is -0.362 e. The number of ether oxygens (including phenoxy) is 1. The molecule has 1 aliphatic carbocycles. The molecule has 0 heterocycles. The minimum absolute atomic E-state index is 0.282. The second kappa shape index (κ2) is 4.14. The summed E-state index contributed by atoms with van der Waals surface area (Å²) in [6.45, 7) is 0.439. The Kier molecular flexibility index (Phi) is 3.05. The maximum absolute atomic E-state index is 5.31. The van der Waals surface area contributed by atoms with E-state index in [1.165, 1.54) is 12.8 Å². The second-order valence-electron chi connectivity index (χ2n) is 2.41. The quantitative estimate of drug-likeness (QED) is 0.415. The third kappa shape index (κ3) is 2.24. The smallest absolute Gasteiger partial charge is 0.108 e. The van der Waals surface area contributed by atoms with Crippen LogP contribution in [0.2, 0.25) is 0 Å². The first-order valence-corrected chi connectivity index (χ1v) is 3.65. The average molecular weight is 136 g/mol. The molecule has 10 heavy (non-hydrogen) atoms. The zero-order valence-corrected chi connectivity index (χ0v) is 6.05. The van der Waals surface area contributed by atoms with Crippen molar-refractivity contribution in [1.82, 2.24) is 0 Å². The van der Waals surface area contributed by atoms with Gasteiger partial charge in [0.25, 0.3) is 0 Å².